The number of anilines is 1. The van der Waals surface area contributed by atoms with Crippen molar-refractivity contribution in [1.29, 1.82) is 0 Å². The second-order valence-corrected chi connectivity index (χ2v) is 8.03. The zero-order chi connectivity index (χ0) is 17.2. The van der Waals surface area contributed by atoms with Crippen LogP contribution in [-0.4, -0.2) is 41.1 Å². The summed E-state index contributed by atoms with van der Waals surface area (Å²) < 4.78 is 0. The minimum atomic E-state index is 0.144. The lowest BCUT2D eigenvalue weighted by atomic mass is 9.70. The Morgan fingerprint density at radius 1 is 1.33 bits per heavy atom. The Morgan fingerprint density at radius 3 is 2.75 bits per heavy atom. The third kappa shape index (κ3) is 3.59. The molecule has 0 saturated carbocycles. The first-order valence-electron chi connectivity index (χ1n) is 8.32. The summed E-state index contributed by atoms with van der Waals surface area (Å²) >= 11 is 1.44. The number of carbonyl (C=O) groups excluding carboxylic acids is 1. The highest BCUT2D eigenvalue weighted by Crippen LogP contribution is 2.42. The van der Waals surface area contributed by atoms with Crippen molar-refractivity contribution >= 4 is 22.4 Å². The van der Waals surface area contributed by atoms with E-state index in [9.17, 15) is 4.79 Å². The van der Waals surface area contributed by atoms with Crippen LogP contribution in [0.1, 0.15) is 36.8 Å². The lowest BCUT2D eigenvalue weighted by Crippen LogP contribution is -2.46. The molecule has 1 saturated heterocycles. The van der Waals surface area contributed by atoms with Gasteiger partial charge in [-0.2, -0.15) is 0 Å². The summed E-state index contributed by atoms with van der Waals surface area (Å²) in [6, 6.07) is 10.5. The molecule has 1 aromatic heterocycles. The fraction of sp³-hybridized carbons (Fsp3) is 0.500. The quantitative estimate of drug-likeness (QED) is 0.925. The first-order valence-corrected chi connectivity index (χ1v) is 9.14. The van der Waals surface area contributed by atoms with Gasteiger partial charge in [0.1, 0.15) is 5.01 Å². The van der Waals surface area contributed by atoms with E-state index in [1.54, 1.807) is 0 Å². The van der Waals surface area contributed by atoms with Crippen LogP contribution in [0.25, 0.3) is 0 Å². The molecule has 1 fully saturated rings. The topological polar surface area (TPSA) is 58.1 Å². The van der Waals surface area contributed by atoms with E-state index >= 15 is 0 Å². The molecule has 1 aliphatic heterocycles. The molecule has 3 rings (SSSR count). The number of hydrogen-bond donors (Lipinski definition) is 1. The summed E-state index contributed by atoms with van der Waals surface area (Å²) in [6.45, 7) is 6.19. The highest BCUT2D eigenvalue weighted by molar-refractivity contribution is 7.15. The van der Waals surface area contributed by atoms with Crippen LogP contribution in [0.2, 0.25) is 0 Å². The van der Waals surface area contributed by atoms with Crippen LogP contribution in [-0.2, 0) is 11.2 Å². The number of piperidine rings is 1. The lowest BCUT2D eigenvalue weighted by molar-refractivity contribution is -0.133. The van der Waals surface area contributed by atoms with Crippen molar-refractivity contribution in [1.82, 2.24) is 15.1 Å². The molecular formula is C18H24N4OS. The van der Waals surface area contributed by atoms with E-state index in [-0.39, 0.29) is 11.3 Å². The predicted octanol–water partition coefficient (Wildman–Crippen LogP) is 3.16. The van der Waals surface area contributed by atoms with Gasteiger partial charge in [-0.25, -0.2) is 0 Å². The van der Waals surface area contributed by atoms with Crippen molar-refractivity contribution in [3.8, 4) is 0 Å². The number of aromatic nitrogens is 2. The fourth-order valence-corrected chi connectivity index (χ4v) is 3.98. The van der Waals surface area contributed by atoms with E-state index in [2.05, 4.69) is 53.6 Å². The Kier molecular flexibility index (Phi) is 4.85. The summed E-state index contributed by atoms with van der Waals surface area (Å²) in [6.07, 6.45) is 1.34. The number of likely N-dealkylation sites (tertiary alicyclic amines) is 1. The van der Waals surface area contributed by atoms with Crippen LogP contribution in [0.4, 0.5) is 5.13 Å². The first-order chi connectivity index (χ1) is 11.5. The molecule has 1 atom stereocenters. The maximum atomic E-state index is 12.7. The Morgan fingerprint density at radius 2 is 2.08 bits per heavy atom. The number of benzene rings is 1. The van der Waals surface area contributed by atoms with Crippen molar-refractivity contribution in [3.05, 3.63) is 40.9 Å². The second kappa shape index (κ2) is 6.89. The number of hydrogen-bond acceptors (Lipinski definition) is 5. The largest absolute Gasteiger partial charge is 0.363 e. The number of rotatable bonds is 4. The summed E-state index contributed by atoms with van der Waals surface area (Å²) in [4.78, 5) is 14.7. The molecule has 1 aromatic carbocycles. The van der Waals surface area contributed by atoms with Crippen molar-refractivity contribution < 1.29 is 4.79 Å². The van der Waals surface area contributed by atoms with E-state index in [1.807, 2.05) is 18.0 Å². The molecule has 1 aliphatic rings. The number of carbonyl (C=O) groups is 1. The maximum Gasteiger partial charge on any atom is 0.229 e. The predicted molar refractivity (Wildman–Crippen MR) is 97.3 cm³/mol. The van der Waals surface area contributed by atoms with Crippen LogP contribution >= 0.6 is 11.3 Å². The molecule has 0 aliphatic carbocycles. The van der Waals surface area contributed by atoms with Gasteiger partial charge in [-0.3, -0.25) is 4.79 Å². The van der Waals surface area contributed by atoms with Gasteiger partial charge in [0, 0.05) is 26.1 Å². The lowest BCUT2D eigenvalue weighted by Gasteiger charge is -2.44. The van der Waals surface area contributed by atoms with Gasteiger partial charge in [0.25, 0.3) is 0 Å². The average molecular weight is 344 g/mol. The highest BCUT2D eigenvalue weighted by Gasteiger charge is 2.37. The van der Waals surface area contributed by atoms with Gasteiger partial charge in [-0.05, 0) is 17.4 Å². The number of amides is 1. The molecular weight excluding hydrogens is 320 g/mol. The van der Waals surface area contributed by atoms with Crippen molar-refractivity contribution in [2.75, 3.05) is 25.5 Å². The van der Waals surface area contributed by atoms with Gasteiger partial charge >= 0.3 is 0 Å². The molecule has 1 unspecified atom stereocenters. The van der Waals surface area contributed by atoms with Gasteiger partial charge in [0.2, 0.25) is 11.0 Å². The maximum absolute atomic E-state index is 12.7. The first kappa shape index (κ1) is 16.9. The third-order valence-electron chi connectivity index (χ3n) is 4.91. The van der Waals surface area contributed by atoms with Gasteiger partial charge in [-0.1, -0.05) is 55.5 Å². The van der Waals surface area contributed by atoms with E-state index in [0.717, 1.165) is 29.6 Å². The van der Waals surface area contributed by atoms with Gasteiger partial charge in [0.15, 0.2) is 0 Å². The summed E-state index contributed by atoms with van der Waals surface area (Å²) in [7, 11) is 1.81. The van der Waals surface area contributed by atoms with Crippen molar-refractivity contribution in [2.24, 2.45) is 5.41 Å². The minimum absolute atomic E-state index is 0.144. The van der Waals surface area contributed by atoms with Gasteiger partial charge in [0.05, 0.1) is 6.42 Å². The zero-order valence-corrected chi connectivity index (χ0v) is 15.3. The summed E-state index contributed by atoms with van der Waals surface area (Å²) in [5.74, 6) is 0.504. The van der Waals surface area contributed by atoms with Gasteiger partial charge in [-0.15, -0.1) is 10.2 Å². The van der Waals surface area contributed by atoms with Crippen molar-refractivity contribution in [3.63, 3.8) is 0 Å². The Balaban J connectivity index is 1.71. The molecule has 1 N–H and O–H groups in total. The Bertz CT molecular complexity index is 698. The Labute approximate surface area is 147 Å². The normalized spacial score (nSPS) is 20.0. The fourth-order valence-electron chi connectivity index (χ4n) is 3.29. The molecule has 5 nitrogen and oxygen atoms in total. The standard InChI is InChI=1S/C18H24N4OS/c1-18(2)9-10-22(12-14(18)13-7-5-4-6-8-13)16(23)11-15-20-21-17(19-3)24-15/h4-8,14H,9-12H2,1-3H3,(H,19,21). The molecule has 0 bridgehead atoms. The van der Waals surface area contributed by atoms with Crippen LogP contribution in [0, 0.1) is 5.41 Å². The molecule has 24 heavy (non-hydrogen) atoms. The molecule has 6 heteroatoms. The molecule has 2 heterocycles. The Hall–Kier alpha value is -1.95. The van der Waals surface area contributed by atoms with E-state index in [0.29, 0.717) is 12.3 Å². The SMILES string of the molecule is CNc1nnc(CC(=O)N2CCC(C)(C)C(c3ccccc3)C2)s1. The molecule has 1 amide bonds. The molecule has 0 spiro atoms. The van der Waals surface area contributed by atoms with Gasteiger partial charge < -0.3 is 10.2 Å². The monoisotopic (exact) mass is 344 g/mol. The minimum Gasteiger partial charge on any atom is -0.363 e. The second-order valence-electron chi connectivity index (χ2n) is 6.97. The van der Waals surface area contributed by atoms with E-state index in [1.165, 1.54) is 16.9 Å². The summed E-state index contributed by atoms with van der Waals surface area (Å²) in [5.41, 5.74) is 1.51. The highest BCUT2D eigenvalue weighted by atomic mass is 32.1. The van der Waals surface area contributed by atoms with E-state index in [4.69, 9.17) is 0 Å². The molecule has 128 valence electrons. The van der Waals surface area contributed by atoms with Crippen LogP contribution in [0.15, 0.2) is 30.3 Å². The summed E-state index contributed by atoms with van der Waals surface area (Å²) in [5, 5.41) is 12.6. The smallest absolute Gasteiger partial charge is 0.229 e. The number of nitrogens with zero attached hydrogens (tertiary/aromatic N) is 3. The zero-order valence-electron chi connectivity index (χ0n) is 14.5. The van der Waals surface area contributed by atoms with E-state index < -0.39 is 0 Å². The van der Waals surface area contributed by atoms with Crippen LogP contribution < -0.4 is 5.32 Å². The molecule has 2 aromatic rings. The molecule has 0 radical (unpaired) electrons. The third-order valence-corrected chi connectivity index (χ3v) is 5.85. The van der Waals surface area contributed by atoms with Crippen LogP contribution in [0.3, 0.4) is 0 Å². The van der Waals surface area contributed by atoms with Crippen LogP contribution in [0.5, 0.6) is 0 Å². The number of nitrogens with one attached hydrogen (secondary N) is 1. The van der Waals surface area contributed by atoms with Crippen molar-refractivity contribution in [2.45, 2.75) is 32.6 Å². The average Bonchev–Trinajstić information content (AvgIpc) is 3.03.